The molecule has 0 bridgehead atoms. The molecule has 10 heteroatoms. The largest absolute Gasteiger partial charge is 0.445 e. The summed E-state index contributed by atoms with van der Waals surface area (Å²) in [6, 6.07) is 9.09. The highest BCUT2D eigenvalue weighted by molar-refractivity contribution is 6.35. The monoisotopic (exact) mass is 534 g/mol. The molecule has 1 amide bonds. The molecule has 2 aromatic heterocycles. The minimum atomic E-state index is -0.281. The van der Waals surface area contributed by atoms with E-state index in [4.69, 9.17) is 49.1 Å². The molecule has 3 aromatic rings. The Labute approximate surface area is 218 Å². The second-order valence-electron chi connectivity index (χ2n) is 8.96. The van der Waals surface area contributed by atoms with Crippen LogP contribution in [-0.2, 0) is 11.3 Å². The van der Waals surface area contributed by atoms with Gasteiger partial charge < -0.3 is 9.15 Å². The van der Waals surface area contributed by atoms with Crippen molar-refractivity contribution in [3.8, 4) is 5.69 Å². The molecular formula is C25H25Cl3N4O3. The highest BCUT2D eigenvalue weighted by atomic mass is 35.5. The Bertz CT molecular complexity index is 1290. The SMILES string of the molecule is CC1CCCC(C)N1NC(=O)c1nn(-c2ccc(Cl)cc2Cl)c2c1COC/C2=C\c1ccc(Cl)o1. The van der Waals surface area contributed by atoms with Crippen molar-refractivity contribution in [1.82, 2.24) is 20.2 Å². The Morgan fingerprint density at radius 3 is 2.57 bits per heavy atom. The van der Waals surface area contributed by atoms with E-state index in [0.29, 0.717) is 39.4 Å². The summed E-state index contributed by atoms with van der Waals surface area (Å²) in [6.07, 6.45) is 5.04. The van der Waals surface area contributed by atoms with Gasteiger partial charge in [0.2, 0.25) is 0 Å². The molecule has 1 saturated heterocycles. The molecule has 5 rings (SSSR count). The summed E-state index contributed by atoms with van der Waals surface area (Å²) in [4.78, 5) is 13.5. The normalized spacial score (nSPS) is 21.8. The van der Waals surface area contributed by atoms with Crippen molar-refractivity contribution in [2.45, 2.75) is 51.8 Å². The quantitative estimate of drug-likeness (QED) is 0.418. The van der Waals surface area contributed by atoms with Crippen LogP contribution >= 0.6 is 34.8 Å². The third-order valence-corrected chi connectivity index (χ3v) is 7.22. The molecular weight excluding hydrogens is 511 g/mol. The van der Waals surface area contributed by atoms with Crippen molar-refractivity contribution in [2.24, 2.45) is 0 Å². The number of amides is 1. The molecule has 2 unspecified atom stereocenters. The fourth-order valence-corrected chi connectivity index (χ4v) is 5.40. The number of nitrogens with one attached hydrogen (secondary N) is 1. The summed E-state index contributed by atoms with van der Waals surface area (Å²) in [5.74, 6) is 0.287. The number of aromatic nitrogens is 2. The van der Waals surface area contributed by atoms with E-state index in [9.17, 15) is 4.79 Å². The van der Waals surface area contributed by atoms with Gasteiger partial charge >= 0.3 is 0 Å². The number of benzene rings is 1. The van der Waals surface area contributed by atoms with Crippen LogP contribution in [0, 0.1) is 0 Å². The van der Waals surface area contributed by atoms with E-state index in [1.165, 1.54) is 0 Å². The van der Waals surface area contributed by atoms with Gasteiger partial charge in [0, 0.05) is 28.2 Å². The fraction of sp³-hybridized carbons (Fsp3) is 0.360. The molecule has 0 spiro atoms. The van der Waals surface area contributed by atoms with E-state index < -0.39 is 0 Å². The van der Waals surface area contributed by atoms with Crippen molar-refractivity contribution in [3.05, 3.63) is 68.3 Å². The second kappa shape index (κ2) is 9.99. The minimum absolute atomic E-state index is 0.238. The van der Waals surface area contributed by atoms with Crippen LogP contribution in [0.4, 0.5) is 0 Å². The first-order valence-corrected chi connectivity index (χ1v) is 12.7. The third-order valence-electron chi connectivity index (χ3n) is 6.48. The number of hydrogen-bond acceptors (Lipinski definition) is 5. The lowest BCUT2D eigenvalue weighted by atomic mass is 9.99. The topological polar surface area (TPSA) is 72.5 Å². The van der Waals surface area contributed by atoms with Gasteiger partial charge in [-0.1, -0.05) is 29.6 Å². The van der Waals surface area contributed by atoms with Gasteiger partial charge in [-0.05, 0) is 74.7 Å². The first-order valence-electron chi connectivity index (χ1n) is 11.5. The van der Waals surface area contributed by atoms with E-state index in [1.54, 1.807) is 35.0 Å². The van der Waals surface area contributed by atoms with Crippen LogP contribution in [0.1, 0.15) is 60.6 Å². The molecule has 35 heavy (non-hydrogen) atoms. The Morgan fingerprint density at radius 2 is 1.89 bits per heavy atom. The summed E-state index contributed by atoms with van der Waals surface area (Å²) < 4.78 is 13.1. The maximum Gasteiger partial charge on any atom is 0.286 e. The van der Waals surface area contributed by atoms with Crippen molar-refractivity contribution >= 4 is 52.4 Å². The lowest BCUT2D eigenvalue weighted by Crippen LogP contribution is -2.54. The van der Waals surface area contributed by atoms with Crippen molar-refractivity contribution < 1.29 is 13.9 Å². The Kier molecular flexibility index (Phi) is 6.97. The predicted octanol–water partition coefficient (Wildman–Crippen LogP) is 6.40. The third kappa shape index (κ3) is 4.88. The number of halogens is 3. The van der Waals surface area contributed by atoms with Crippen LogP contribution in [0.3, 0.4) is 0 Å². The number of nitrogens with zero attached hydrogens (tertiary/aromatic N) is 3. The molecule has 2 aliphatic rings. The van der Waals surface area contributed by atoms with Crippen LogP contribution in [-0.4, -0.2) is 39.4 Å². The average Bonchev–Trinajstić information content (AvgIpc) is 3.40. The van der Waals surface area contributed by atoms with Gasteiger partial charge in [-0.15, -0.1) is 0 Å². The molecule has 0 saturated carbocycles. The minimum Gasteiger partial charge on any atom is -0.445 e. The number of hydrazine groups is 1. The standard InChI is InChI=1S/C25H25Cl3N4O3/c1-14-4-3-5-15(2)31(14)30-25(33)23-19-13-34-12-16(10-18-7-9-22(28)35-18)24(19)32(29-23)21-8-6-17(26)11-20(21)27/h6-11,14-15H,3-5,12-13H2,1-2H3,(H,30,33)/b16-10+. The fourth-order valence-electron chi connectivity index (χ4n) is 4.76. The molecule has 0 radical (unpaired) electrons. The summed E-state index contributed by atoms with van der Waals surface area (Å²) in [6.45, 7) is 4.79. The van der Waals surface area contributed by atoms with E-state index in [2.05, 4.69) is 19.3 Å². The highest BCUT2D eigenvalue weighted by Gasteiger charge is 2.32. The maximum absolute atomic E-state index is 13.5. The van der Waals surface area contributed by atoms with Gasteiger partial charge in [0.05, 0.1) is 29.6 Å². The number of hydrogen-bond donors (Lipinski definition) is 1. The van der Waals surface area contributed by atoms with Gasteiger partial charge in [-0.3, -0.25) is 10.2 Å². The Morgan fingerprint density at radius 1 is 1.11 bits per heavy atom. The molecule has 0 aliphatic carbocycles. The Balaban J connectivity index is 1.61. The molecule has 2 atom stereocenters. The van der Waals surface area contributed by atoms with Gasteiger partial charge in [0.25, 0.3) is 5.91 Å². The van der Waals surface area contributed by atoms with Crippen LogP contribution < -0.4 is 5.43 Å². The molecule has 1 aromatic carbocycles. The molecule has 4 heterocycles. The van der Waals surface area contributed by atoms with E-state index in [-0.39, 0.29) is 29.8 Å². The van der Waals surface area contributed by atoms with Gasteiger partial charge in [-0.25, -0.2) is 9.69 Å². The maximum atomic E-state index is 13.5. The van der Waals surface area contributed by atoms with Gasteiger partial charge in [0.15, 0.2) is 10.9 Å². The van der Waals surface area contributed by atoms with Crippen LogP contribution in [0.5, 0.6) is 0 Å². The summed E-state index contributed by atoms with van der Waals surface area (Å²) in [5.41, 5.74) is 6.20. The smallest absolute Gasteiger partial charge is 0.286 e. The molecule has 7 nitrogen and oxygen atoms in total. The van der Waals surface area contributed by atoms with Gasteiger partial charge in [-0.2, -0.15) is 5.10 Å². The molecule has 1 fully saturated rings. The lowest BCUT2D eigenvalue weighted by Gasteiger charge is -2.38. The predicted molar refractivity (Wildman–Crippen MR) is 137 cm³/mol. The van der Waals surface area contributed by atoms with E-state index in [0.717, 1.165) is 30.5 Å². The lowest BCUT2D eigenvalue weighted by molar-refractivity contribution is 0.0363. The summed E-state index contributed by atoms with van der Waals surface area (Å²) >= 11 is 18.7. The first kappa shape index (κ1) is 24.4. The number of ether oxygens (including phenoxy) is 1. The van der Waals surface area contributed by atoms with Crippen molar-refractivity contribution in [1.29, 1.82) is 0 Å². The summed E-state index contributed by atoms with van der Waals surface area (Å²) in [7, 11) is 0. The first-order chi connectivity index (χ1) is 16.8. The number of rotatable bonds is 4. The number of furan rings is 1. The van der Waals surface area contributed by atoms with Crippen LogP contribution in [0.15, 0.2) is 34.7 Å². The van der Waals surface area contributed by atoms with Crippen LogP contribution in [0.25, 0.3) is 17.3 Å². The number of fused-ring (bicyclic) bond motifs is 1. The van der Waals surface area contributed by atoms with Crippen LogP contribution in [0.2, 0.25) is 15.3 Å². The highest BCUT2D eigenvalue weighted by Crippen LogP contribution is 2.35. The zero-order chi connectivity index (χ0) is 24.7. The number of carbonyl (C=O) groups excluding carboxylic acids is 1. The van der Waals surface area contributed by atoms with Crippen molar-refractivity contribution in [3.63, 3.8) is 0 Å². The zero-order valence-electron chi connectivity index (χ0n) is 19.4. The van der Waals surface area contributed by atoms with E-state index in [1.807, 2.05) is 11.1 Å². The molecule has 184 valence electrons. The Hall–Kier alpha value is -2.29. The van der Waals surface area contributed by atoms with Crippen molar-refractivity contribution in [2.75, 3.05) is 6.61 Å². The molecule has 2 aliphatic heterocycles. The summed E-state index contributed by atoms with van der Waals surface area (Å²) in [5, 5.41) is 7.97. The second-order valence-corrected chi connectivity index (χ2v) is 10.2. The number of carbonyl (C=O) groups is 1. The average molecular weight is 536 g/mol. The van der Waals surface area contributed by atoms with E-state index >= 15 is 0 Å². The van der Waals surface area contributed by atoms with Gasteiger partial charge in [0.1, 0.15) is 5.76 Å². The zero-order valence-corrected chi connectivity index (χ0v) is 21.6. The number of piperidine rings is 1. The molecule has 1 N–H and O–H groups in total.